The molecule has 0 unspecified atom stereocenters. The number of hydrogen-bond acceptors (Lipinski definition) is 2. The van der Waals surface area contributed by atoms with Crippen molar-refractivity contribution in [2.45, 2.75) is 18.4 Å². The normalized spacial score (nSPS) is 16.7. The Hall–Kier alpha value is -2.06. The van der Waals surface area contributed by atoms with E-state index in [1.165, 1.54) is 36.4 Å². The van der Waals surface area contributed by atoms with E-state index in [0.717, 1.165) is 12.1 Å². The maximum Gasteiger partial charge on any atom is 0.416 e. The van der Waals surface area contributed by atoms with Crippen LogP contribution in [-0.2, 0) is 12.4 Å². The fraction of sp³-hybridized carbons (Fsp3) is 0.368. The number of hydrogen-bond donors (Lipinski definition) is 1. The third kappa shape index (κ3) is 4.27. The fourth-order valence-electron chi connectivity index (χ4n) is 3.49. The van der Waals surface area contributed by atoms with E-state index < -0.39 is 29.5 Å². The van der Waals surface area contributed by atoms with Gasteiger partial charge >= 0.3 is 12.4 Å². The molecule has 1 N–H and O–H groups in total. The number of nitrogens with zero attached hydrogens (tertiary/aromatic N) is 1. The smallest absolute Gasteiger partial charge is 0.314 e. The number of rotatable bonds is 3. The summed E-state index contributed by atoms with van der Waals surface area (Å²) in [5.74, 6) is 0. The van der Waals surface area contributed by atoms with Crippen molar-refractivity contribution in [2.24, 2.45) is 0 Å². The molecule has 2 aromatic carbocycles. The van der Waals surface area contributed by atoms with E-state index in [1.54, 1.807) is 4.90 Å². The van der Waals surface area contributed by atoms with Crippen molar-refractivity contribution >= 4 is 0 Å². The molecule has 2 nitrogen and oxygen atoms in total. The van der Waals surface area contributed by atoms with Crippen molar-refractivity contribution in [3.05, 3.63) is 70.8 Å². The monoisotopic (exact) mass is 388 g/mol. The van der Waals surface area contributed by atoms with Gasteiger partial charge in [0.05, 0.1) is 17.2 Å². The minimum absolute atomic E-state index is 0.163. The van der Waals surface area contributed by atoms with E-state index in [0.29, 0.717) is 26.2 Å². The van der Waals surface area contributed by atoms with E-state index in [-0.39, 0.29) is 11.1 Å². The molecule has 0 radical (unpaired) electrons. The highest BCUT2D eigenvalue weighted by Gasteiger charge is 2.41. The van der Waals surface area contributed by atoms with Gasteiger partial charge in [0.25, 0.3) is 0 Å². The summed E-state index contributed by atoms with van der Waals surface area (Å²) < 4.78 is 81.4. The molecule has 0 bridgehead atoms. The van der Waals surface area contributed by atoms with Gasteiger partial charge in [0.1, 0.15) is 0 Å². The molecule has 146 valence electrons. The SMILES string of the molecule is FC(F)(F)c1ccccc1C(c1ccccc1C(F)(F)F)N1CCNCC1. The largest absolute Gasteiger partial charge is 0.416 e. The van der Waals surface area contributed by atoms with E-state index in [1.807, 2.05) is 0 Å². The van der Waals surface area contributed by atoms with Crippen molar-refractivity contribution in [2.75, 3.05) is 26.2 Å². The zero-order valence-corrected chi connectivity index (χ0v) is 14.2. The molecule has 1 aliphatic rings. The topological polar surface area (TPSA) is 15.3 Å². The van der Waals surface area contributed by atoms with Crippen LogP contribution in [0.5, 0.6) is 0 Å². The summed E-state index contributed by atoms with van der Waals surface area (Å²) in [7, 11) is 0. The Morgan fingerprint density at radius 2 is 1.11 bits per heavy atom. The van der Waals surface area contributed by atoms with Crippen molar-refractivity contribution < 1.29 is 26.3 Å². The second-order valence-corrected chi connectivity index (χ2v) is 6.36. The Bertz CT molecular complexity index is 721. The van der Waals surface area contributed by atoms with E-state index in [2.05, 4.69) is 5.32 Å². The first kappa shape index (κ1) is 19.7. The van der Waals surface area contributed by atoms with Crippen LogP contribution >= 0.6 is 0 Å². The summed E-state index contributed by atoms with van der Waals surface area (Å²) in [5, 5.41) is 3.08. The second-order valence-electron chi connectivity index (χ2n) is 6.36. The average molecular weight is 388 g/mol. The van der Waals surface area contributed by atoms with Crippen LogP contribution in [0.15, 0.2) is 48.5 Å². The molecule has 27 heavy (non-hydrogen) atoms. The highest BCUT2D eigenvalue weighted by atomic mass is 19.4. The van der Waals surface area contributed by atoms with Crippen LogP contribution in [0.1, 0.15) is 28.3 Å². The van der Waals surface area contributed by atoms with Crippen LogP contribution in [0.4, 0.5) is 26.3 Å². The van der Waals surface area contributed by atoms with Gasteiger partial charge in [0, 0.05) is 26.2 Å². The van der Waals surface area contributed by atoms with Gasteiger partial charge in [-0.25, -0.2) is 0 Å². The third-order valence-corrected chi connectivity index (χ3v) is 4.64. The molecular formula is C19H18F6N2. The van der Waals surface area contributed by atoms with Crippen LogP contribution in [0.25, 0.3) is 0 Å². The summed E-state index contributed by atoms with van der Waals surface area (Å²) in [6.07, 6.45) is -9.31. The highest BCUT2D eigenvalue weighted by Crippen LogP contribution is 2.43. The number of benzene rings is 2. The summed E-state index contributed by atoms with van der Waals surface area (Å²) >= 11 is 0. The number of halogens is 6. The summed E-state index contributed by atoms with van der Waals surface area (Å²) in [6.45, 7) is 1.70. The summed E-state index contributed by atoms with van der Waals surface area (Å²) in [4.78, 5) is 1.67. The van der Waals surface area contributed by atoms with Crippen LogP contribution in [-0.4, -0.2) is 31.1 Å². The molecule has 1 saturated heterocycles. The van der Waals surface area contributed by atoms with Gasteiger partial charge in [-0.3, -0.25) is 4.90 Å². The number of piperazine rings is 1. The predicted octanol–water partition coefficient (Wildman–Crippen LogP) is 4.72. The van der Waals surface area contributed by atoms with Gasteiger partial charge in [-0.15, -0.1) is 0 Å². The molecule has 3 rings (SSSR count). The molecular weight excluding hydrogens is 370 g/mol. The summed E-state index contributed by atoms with van der Waals surface area (Å²) in [6, 6.07) is 8.58. The Kier molecular flexibility index (Phi) is 5.48. The van der Waals surface area contributed by atoms with Crippen LogP contribution in [0.2, 0.25) is 0 Å². The predicted molar refractivity (Wildman–Crippen MR) is 89.2 cm³/mol. The quantitative estimate of drug-likeness (QED) is 0.766. The molecule has 8 heteroatoms. The molecule has 0 saturated carbocycles. The van der Waals surface area contributed by atoms with E-state index in [4.69, 9.17) is 0 Å². The number of nitrogens with one attached hydrogen (secondary N) is 1. The van der Waals surface area contributed by atoms with Crippen molar-refractivity contribution in [1.29, 1.82) is 0 Å². The third-order valence-electron chi connectivity index (χ3n) is 4.64. The standard InChI is InChI=1S/C19H18F6N2/c20-18(21,22)15-7-3-1-5-13(15)17(27-11-9-26-10-12-27)14-6-2-4-8-16(14)19(23,24)25/h1-8,17,26H,9-12H2. The second kappa shape index (κ2) is 7.52. The fourth-order valence-corrected chi connectivity index (χ4v) is 3.49. The van der Waals surface area contributed by atoms with Crippen molar-refractivity contribution in [3.8, 4) is 0 Å². The molecule has 0 amide bonds. The Labute approximate surface area is 152 Å². The molecule has 0 aliphatic carbocycles. The van der Waals surface area contributed by atoms with Gasteiger partial charge in [-0.05, 0) is 23.3 Å². The molecule has 0 atom stereocenters. The van der Waals surface area contributed by atoms with Gasteiger partial charge < -0.3 is 5.32 Å². The van der Waals surface area contributed by atoms with Gasteiger partial charge in [0.15, 0.2) is 0 Å². The molecule has 2 aromatic rings. The zero-order valence-electron chi connectivity index (χ0n) is 14.2. The maximum absolute atomic E-state index is 13.6. The molecule has 0 aromatic heterocycles. The van der Waals surface area contributed by atoms with E-state index in [9.17, 15) is 26.3 Å². The lowest BCUT2D eigenvalue weighted by Gasteiger charge is -2.37. The Morgan fingerprint density at radius 3 is 1.52 bits per heavy atom. The lowest BCUT2D eigenvalue weighted by Crippen LogP contribution is -2.46. The molecule has 1 heterocycles. The van der Waals surface area contributed by atoms with Crippen LogP contribution in [0.3, 0.4) is 0 Å². The highest BCUT2D eigenvalue weighted by molar-refractivity contribution is 5.43. The van der Waals surface area contributed by atoms with Crippen LogP contribution in [0, 0.1) is 0 Å². The minimum Gasteiger partial charge on any atom is -0.314 e. The zero-order chi connectivity index (χ0) is 19.7. The van der Waals surface area contributed by atoms with Gasteiger partial charge in [-0.2, -0.15) is 26.3 Å². The minimum atomic E-state index is -4.66. The lowest BCUT2D eigenvalue weighted by atomic mass is 9.89. The maximum atomic E-state index is 13.6. The summed E-state index contributed by atoms with van der Waals surface area (Å²) in [5.41, 5.74) is -2.15. The van der Waals surface area contributed by atoms with Gasteiger partial charge in [0.2, 0.25) is 0 Å². The molecule has 1 aliphatic heterocycles. The van der Waals surface area contributed by atoms with Crippen LogP contribution < -0.4 is 5.32 Å². The Balaban J connectivity index is 2.21. The first-order valence-corrected chi connectivity index (χ1v) is 8.46. The molecule has 1 fully saturated rings. The average Bonchev–Trinajstić information content (AvgIpc) is 2.62. The first-order chi connectivity index (χ1) is 12.7. The number of alkyl halides is 6. The first-order valence-electron chi connectivity index (χ1n) is 8.46. The molecule has 0 spiro atoms. The Morgan fingerprint density at radius 1 is 0.704 bits per heavy atom. The van der Waals surface area contributed by atoms with Crippen molar-refractivity contribution in [3.63, 3.8) is 0 Å². The van der Waals surface area contributed by atoms with Crippen molar-refractivity contribution in [1.82, 2.24) is 10.2 Å². The lowest BCUT2D eigenvalue weighted by molar-refractivity contribution is -0.139. The van der Waals surface area contributed by atoms with E-state index >= 15 is 0 Å². The van der Waals surface area contributed by atoms with Gasteiger partial charge in [-0.1, -0.05) is 36.4 Å².